The van der Waals surface area contributed by atoms with Crippen LogP contribution in [-0.2, 0) is 6.42 Å². The van der Waals surface area contributed by atoms with Gasteiger partial charge in [0.25, 0.3) is 0 Å². The first-order valence-corrected chi connectivity index (χ1v) is 8.66. The van der Waals surface area contributed by atoms with Gasteiger partial charge >= 0.3 is 0 Å². The monoisotopic (exact) mass is 435 g/mol. The van der Waals surface area contributed by atoms with Crippen LogP contribution in [0.25, 0.3) is 0 Å². The average Bonchev–Trinajstić information content (AvgIpc) is 2.78. The standard InChI is InChI=1S/C14H15BrINS/c1-2-17-13(14-8-11(15)9-18-14)7-10-3-5-12(16)6-4-10/h3-6,8-9,13,17H,2,7H2,1H3. The Bertz CT molecular complexity index is 495. The van der Waals surface area contributed by atoms with Crippen molar-refractivity contribution in [3.8, 4) is 0 Å². The summed E-state index contributed by atoms with van der Waals surface area (Å²) in [4.78, 5) is 1.39. The van der Waals surface area contributed by atoms with Gasteiger partial charge < -0.3 is 5.32 Å². The molecule has 0 radical (unpaired) electrons. The summed E-state index contributed by atoms with van der Waals surface area (Å²) in [5, 5.41) is 5.71. The first-order chi connectivity index (χ1) is 8.69. The summed E-state index contributed by atoms with van der Waals surface area (Å²) in [5.74, 6) is 0. The molecule has 0 bridgehead atoms. The van der Waals surface area contributed by atoms with E-state index in [1.807, 2.05) is 11.3 Å². The fraction of sp³-hybridized carbons (Fsp3) is 0.286. The van der Waals surface area contributed by atoms with Gasteiger partial charge in [0, 0.05) is 24.3 Å². The largest absolute Gasteiger partial charge is 0.309 e. The molecule has 1 nitrogen and oxygen atoms in total. The molecular weight excluding hydrogens is 421 g/mol. The third kappa shape index (κ3) is 4.05. The molecule has 1 aromatic carbocycles. The van der Waals surface area contributed by atoms with E-state index >= 15 is 0 Å². The molecule has 0 spiro atoms. The van der Waals surface area contributed by atoms with Crippen LogP contribution in [0.5, 0.6) is 0 Å². The van der Waals surface area contributed by atoms with Crippen molar-refractivity contribution in [1.29, 1.82) is 0 Å². The topological polar surface area (TPSA) is 12.0 Å². The first-order valence-electron chi connectivity index (χ1n) is 5.90. The van der Waals surface area contributed by atoms with Crippen molar-refractivity contribution < 1.29 is 0 Å². The number of benzene rings is 1. The summed E-state index contributed by atoms with van der Waals surface area (Å²) < 4.78 is 2.46. The molecule has 1 heterocycles. The summed E-state index contributed by atoms with van der Waals surface area (Å²) in [6.07, 6.45) is 1.04. The Balaban J connectivity index is 2.13. The predicted octanol–water partition coefficient (Wildman–Crippen LogP) is 5.01. The summed E-state index contributed by atoms with van der Waals surface area (Å²) in [5.41, 5.74) is 1.38. The number of thiophene rings is 1. The van der Waals surface area contributed by atoms with Gasteiger partial charge in [-0.1, -0.05) is 19.1 Å². The Morgan fingerprint density at radius 2 is 2.06 bits per heavy atom. The second-order valence-corrected chi connectivity index (χ2v) is 7.21. The number of likely N-dealkylation sites (N-methyl/N-ethyl adjacent to an activating group) is 1. The second kappa shape index (κ2) is 7.03. The average molecular weight is 436 g/mol. The van der Waals surface area contributed by atoms with E-state index in [4.69, 9.17) is 0 Å². The zero-order valence-corrected chi connectivity index (χ0v) is 14.7. The Morgan fingerprint density at radius 1 is 1.33 bits per heavy atom. The van der Waals surface area contributed by atoms with Crippen LogP contribution in [0.2, 0.25) is 0 Å². The Kier molecular flexibility index (Phi) is 5.66. The molecule has 0 aliphatic carbocycles. The van der Waals surface area contributed by atoms with Crippen LogP contribution >= 0.6 is 49.9 Å². The van der Waals surface area contributed by atoms with Crippen molar-refractivity contribution >= 4 is 49.9 Å². The molecule has 0 aliphatic heterocycles. The second-order valence-electron chi connectivity index (χ2n) is 4.11. The highest BCUT2D eigenvalue weighted by atomic mass is 127. The lowest BCUT2D eigenvalue weighted by molar-refractivity contribution is 0.558. The molecule has 0 aliphatic rings. The molecule has 0 amide bonds. The van der Waals surface area contributed by atoms with E-state index in [1.165, 1.54) is 18.5 Å². The molecule has 96 valence electrons. The molecule has 1 aromatic heterocycles. The molecule has 1 atom stereocenters. The van der Waals surface area contributed by atoms with Gasteiger partial charge in [0.05, 0.1) is 0 Å². The van der Waals surface area contributed by atoms with E-state index in [-0.39, 0.29) is 0 Å². The van der Waals surface area contributed by atoms with E-state index < -0.39 is 0 Å². The molecule has 0 fully saturated rings. The SMILES string of the molecule is CCNC(Cc1ccc(I)cc1)c1cc(Br)cs1. The van der Waals surface area contributed by atoms with E-state index in [1.54, 1.807) is 0 Å². The van der Waals surface area contributed by atoms with Crippen molar-refractivity contribution in [1.82, 2.24) is 5.32 Å². The summed E-state index contributed by atoms with van der Waals surface area (Å²) in [6.45, 7) is 3.15. The maximum Gasteiger partial charge on any atom is 0.0455 e. The van der Waals surface area contributed by atoms with Crippen LogP contribution in [0.4, 0.5) is 0 Å². The smallest absolute Gasteiger partial charge is 0.0455 e. The molecule has 0 saturated carbocycles. The molecular formula is C14H15BrINS. The zero-order valence-electron chi connectivity index (χ0n) is 10.1. The van der Waals surface area contributed by atoms with E-state index in [0.717, 1.165) is 13.0 Å². The van der Waals surface area contributed by atoms with Gasteiger partial charge in [-0.3, -0.25) is 0 Å². The van der Waals surface area contributed by atoms with Gasteiger partial charge in [0.2, 0.25) is 0 Å². The van der Waals surface area contributed by atoms with Gasteiger partial charge in [0.1, 0.15) is 0 Å². The molecule has 1 N–H and O–H groups in total. The Labute approximate surface area is 134 Å². The molecule has 2 rings (SSSR count). The first kappa shape index (κ1) is 14.5. The van der Waals surface area contributed by atoms with Crippen LogP contribution in [-0.4, -0.2) is 6.54 Å². The number of nitrogens with one attached hydrogen (secondary N) is 1. The summed E-state index contributed by atoms with van der Waals surface area (Å²) in [7, 11) is 0. The van der Waals surface area contributed by atoms with Gasteiger partial charge in [0.15, 0.2) is 0 Å². The summed E-state index contributed by atoms with van der Waals surface area (Å²) in [6, 6.07) is 11.4. The normalized spacial score (nSPS) is 12.6. The van der Waals surface area contributed by atoms with Crippen molar-refractivity contribution in [2.24, 2.45) is 0 Å². The molecule has 0 saturated heterocycles. The molecule has 2 aromatic rings. The van der Waals surface area contributed by atoms with Crippen LogP contribution in [0, 0.1) is 3.57 Å². The highest BCUT2D eigenvalue weighted by molar-refractivity contribution is 14.1. The number of halogens is 2. The van der Waals surface area contributed by atoms with Crippen molar-refractivity contribution in [2.45, 2.75) is 19.4 Å². The minimum atomic E-state index is 0.409. The maximum absolute atomic E-state index is 3.56. The lowest BCUT2D eigenvalue weighted by Crippen LogP contribution is -2.22. The van der Waals surface area contributed by atoms with Gasteiger partial charge in [-0.15, -0.1) is 11.3 Å². The minimum absolute atomic E-state index is 0.409. The Morgan fingerprint density at radius 3 is 2.61 bits per heavy atom. The van der Waals surface area contributed by atoms with Crippen molar-refractivity contribution in [3.05, 3.63) is 54.2 Å². The van der Waals surface area contributed by atoms with Gasteiger partial charge in [-0.05, 0) is 75.2 Å². The van der Waals surface area contributed by atoms with Crippen LogP contribution < -0.4 is 5.32 Å². The number of rotatable bonds is 5. The van der Waals surface area contributed by atoms with Gasteiger partial charge in [-0.2, -0.15) is 0 Å². The highest BCUT2D eigenvalue weighted by Gasteiger charge is 2.13. The number of hydrogen-bond donors (Lipinski definition) is 1. The molecule has 18 heavy (non-hydrogen) atoms. The van der Waals surface area contributed by atoms with Crippen LogP contribution in [0.3, 0.4) is 0 Å². The minimum Gasteiger partial charge on any atom is -0.309 e. The zero-order chi connectivity index (χ0) is 13.0. The highest BCUT2D eigenvalue weighted by Crippen LogP contribution is 2.28. The lowest BCUT2D eigenvalue weighted by atomic mass is 10.0. The summed E-state index contributed by atoms with van der Waals surface area (Å²) >= 11 is 7.68. The fourth-order valence-electron chi connectivity index (χ4n) is 1.89. The maximum atomic E-state index is 3.56. The van der Waals surface area contributed by atoms with E-state index in [9.17, 15) is 0 Å². The van der Waals surface area contributed by atoms with E-state index in [0.29, 0.717) is 6.04 Å². The quantitative estimate of drug-likeness (QED) is 0.651. The lowest BCUT2D eigenvalue weighted by Gasteiger charge is -2.16. The number of hydrogen-bond acceptors (Lipinski definition) is 2. The third-order valence-electron chi connectivity index (χ3n) is 2.73. The van der Waals surface area contributed by atoms with Crippen LogP contribution in [0.1, 0.15) is 23.4 Å². The van der Waals surface area contributed by atoms with E-state index in [2.05, 4.69) is 86.5 Å². The van der Waals surface area contributed by atoms with Gasteiger partial charge in [-0.25, -0.2) is 0 Å². The van der Waals surface area contributed by atoms with Crippen molar-refractivity contribution in [2.75, 3.05) is 6.54 Å². The Hall–Kier alpha value is 0.0900. The molecule has 1 unspecified atom stereocenters. The fourth-order valence-corrected chi connectivity index (χ4v) is 3.77. The molecule has 4 heteroatoms. The van der Waals surface area contributed by atoms with Crippen molar-refractivity contribution in [3.63, 3.8) is 0 Å². The van der Waals surface area contributed by atoms with Crippen LogP contribution in [0.15, 0.2) is 40.2 Å². The predicted molar refractivity (Wildman–Crippen MR) is 91.3 cm³/mol. The third-order valence-corrected chi connectivity index (χ3v) is 5.26.